The summed E-state index contributed by atoms with van der Waals surface area (Å²) in [6.07, 6.45) is 4.80. The number of hydrogen-bond donors (Lipinski definition) is 2. The predicted octanol–water partition coefficient (Wildman–Crippen LogP) is 6.69. The van der Waals surface area contributed by atoms with E-state index in [0.29, 0.717) is 11.5 Å². The summed E-state index contributed by atoms with van der Waals surface area (Å²) >= 11 is 0. The monoisotopic (exact) mass is 500 g/mol. The number of piperidine rings is 1. The third-order valence-electron chi connectivity index (χ3n) is 6.77. The van der Waals surface area contributed by atoms with E-state index >= 15 is 0 Å². The molecule has 3 aromatic carbocycles. The maximum absolute atomic E-state index is 11.9. The van der Waals surface area contributed by atoms with Gasteiger partial charge >= 0.3 is 0 Å². The normalized spacial score (nSPS) is 14.1. The quantitative estimate of drug-likeness (QED) is 0.338. The number of rotatable bonds is 8. The van der Waals surface area contributed by atoms with Crippen LogP contribution in [0.4, 0.5) is 5.69 Å². The Kier molecular flexibility index (Phi) is 10.9. The molecule has 3 aromatic rings. The largest absolute Gasteiger partial charge is 0.508 e. The SMILES string of the molecule is CC(=O)c1cccc(O)c1.CC(C)C(=O)Nc1cccc(C2CCN(CCCc3ccccc3)CC2)c1. The Morgan fingerprint density at radius 2 is 1.65 bits per heavy atom. The summed E-state index contributed by atoms with van der Waals surface area (Å²) < 4.78 is 0. The van der Waals surface area contributed by atoms with Gasteiger partial charge in [-0.25, -0.2) is 0 Å². The number of nitrogens with zero attached hydrogens (tertiary/aromatic N) is 1. The number of aromatic hydroxyl groups is 1. The van der Waals surface area contributed by atoms with Gasteiger partial charge in [0.1, 0.15) is 5.75 Å². The molecule has 0 radical (unpaired) electrons. The molecule has 1 saturated heterocycles. The third-order valence-corrected chi connectivity index (χ3v) is 6.77. The molecule has 2 N–H and O–H groups in total. The lowest BCUT2D eigenvalue weighted by Crippen LogP contribution is -2.33. The molecule has 1 aliphatic rings. The molecule has 0 aromatic heterocycles. The predicted molar refractivity (Wildman–Crippen MR) is 151 cm³/mol. The maximum atomic E-state index is 11.9. The van der Waals surface area contributed by atoms with Crippen molar-refractivity contribution < 1.29 is 14.7 Å². The third kappa shape index (κ3) is 9.51. The van der Waals surface area contributed by atoms with Crippen molar-refractivity contribution >= 4 is 17.4 Å². The molecule has 4 rings (SSSR count). The van der Waals surface area contributed by atoms with Gasteiger partial charge in [0.05, 0.1) is 0 Å². The number of phenolic OH excluding ortho intramolecular Hbond substituents is 1. The molecule has 37 heavy (non-hydrogen) atoms. The Hall–Kier alpha value is -3.44. The van der Waals surface area contributed by atoms with Crippen molar-refractivity contribution in [3.8, 4) is 5.75 Å². The van der Waals surface area contributed by atoms with Crippen molar-refractivity contribution in [1.29, 1.82) is 0 Å². The van der Waals surface area contributed by atoms with Crippen LogP contribution >= 0.6 is 0 Å². The topological polar surface area (TPSA) is 69.6 Å². The summed E-state index contributed by atoms with van der Waals surface area (Å²) in [6, 6.07) is 25.5. The minimum Gasteiger partial charge on any atom is -0.508 e. The number of aryl methyl sites for hydroxylation is 1. The van der Waals surface area contributed by atoms with E-state index in [1.807, 2.05) is 19.9 Å². The lowest BCUT2D eigenvalue weighted by atomic mass is 9.89. The van der Waals surface area contributed by atoms with Gasteiger partial charge in [0, 0.05) is 17.2 Å². The van der Waals surface area contributed by atoms with Gasteiger partial charge in [0.2, 0.25) is 5.91 Å². The first-order valence-corrected chi connectivity index (χ1v) is 13.3. The van der Waals surface area contributed by atoms with Crippen molar-refractivity contribution in [3.05, 3.63) is 95.6 Å². The van der Waals surface area contributed by atoms with Crippen LogP contribution in [0.3, 0.4) is 0 Å². The highest BCUT2D eigenvalue weighted by Gasteiger charge is 2.20. The van der Waals surface area contributed by atoms with Gasteiger partial charge in [-0.2, -0.15) is 0 Å². The molecule has 0 atom stereocenters. The molecule has 196 valence electrons. The molecular formula is C32H40N2O3. The molecular weight excluding hydrogens is 460 g/mol. The fraction of sp³-hybridized carbons (Fsp3) is 0.375. The molecule has 1 heterocycles. The van der Waals surface area contributed by atoms with Gasteiger partial charge < -0.3 is 15.3 Å². The Morgan fingerprint density at radius 1 is 0.946 bits per heavy atom. The zero-order valence-electron chi connectivity index (χ0n) is 22.3. The van der Waals surface area contributed by atoms with E-state index in [-0.39, 0.29) is 23.4 Å². The van der Waals surface area contributed by atoms with E-state index in [4.69, 9.17) is 5.11 Å². The second-order valence-corrected chi connectivity index (χ2v) is 10.1. The van der Waals surface area contributed by atoms with Crippen LogP contribution in [-0.4, -0.2) is 41.3 Å². The van der Waals surface area contributed by atoms with Crippen LogP contribution in [0.15, 0.2) is 78.9 Å². The summed E-state index contributed by atoms with van der Waals surface area (Å²) in [4.78, 5) is 25.2. The van der Waals surface area contributed by atoms with Gasteiger partial charge in [0.15, 0.2) is 5.78 Å². The van der Waals surface area contributed by atoms with Gasteiger partial charge in [-0.3, -0.25) is 9.59 Å². The van der Waals surface area contributed by atoms with E-state index in [9.17, 15) is 9.59 Å². The fourth-order valence-corrected chi connectivity index (χ4v) is 4.52. The molecule has 1 fully saturated rings. The zero-order chi connectivity index (χ0) is 26.6. The van der Waals surface area contributed by atoms with Crippen LogP contribution in [0.25, 0.3) is 0 Å². The fourth-order valence-electron chi connectivity index (χ4n) is 4.52. The Bertz CT molecular complexity index is 1140. The van der Waals surface area contributed by atoms with Crippen LogP contribution in [0.2, 0.25) is 0 Å². The number of hydrogen-bond acceptors (Lipinski definition) is 4. The highest BCUT2D eigenvalue weighted by atomic mass is 16.3. The van der Waals surface area contributed by atoms with Gasteiger partial charge in [0.25, 0.3) is 0 Å². The van der Waals surface area contributed by atoms with Crippen molar-refractivity contribution in [3.63, 3.8) is 0 Å². The number of carbonyl (C=O) groups is 2. The Labute approximate surface area is 221 Å². The molecule has 0 spiro atoms. The second kappa shape index (κ2) is 14.3. The maximum Gasteiger partial charge on any atom is 0.226 e. The highest BCUT2D eigenvalue weighted by Crippen LogP contribution is 2.29. The number of likely N-dealkylation sites (tertiary alicyclic amines) is 1. The molecule has 0 aliphatic carbocycles. The summed E-state index contributed by atoms with van der Waals surface area (Å²) in [7, 11) is 0. The summed E-state index contributed by atoms with van der Waals surface area (Å²) in [6.45, 7) is 8.84. The number of benzene rings is 3. The van der Waals surface area contributed by atoms with Crippen molar-refractivity contribution in [2.75, 3.05) is 25.0 Å². The number of nitrogens with one attached hydrogen (secondary N) is 1. The van der Waals surface area contributed by atoms with E-state index in [1.54, 1.807) is 12.1 Å². The first-order chi connectivity index (χ1) is 17.8. The van der Waals surface area contributed by atoms with Crippen LogP contribution in [0, 0.1) is 5.92 Å². The standard InChI is InChI=1S/C24H32N2O.C8H8O2/c1-19(2)24(27)25-23-12-6-11-22(18-23)21-13-16-26(17-14-21)15-7-10-20-8-4-3-5-9-20;1-6(9)7-3-2-4-8(10)5-7/h3-6,8-9,11-12,18-19,21H,7,10,13-17H2,1-2H3,(H,25,27);2-5,10H,1H3. The van der Waals surface area contributed by atoms with Gasteiger partial charge in [-0.15, -0.1) is 0 Å². The van der Waals surface area contributed by atoms with Crippen LogP contribution < -0.4 is 5.32 Å². The smallest absolute Gasteiger partial charge is 0.226 e. The molecule has 0 saturated carbocycles. The van der Waals surface area contributed by atoms with Crippen molar-refractivity contribution in [2.24, 2.45) is 5.92 Å². The zero-order valence-corrected chi connectivity index (χ0v) is 22.3. The van der Waals surface area contributed by atoms with E-state index in [2.05, 4.69) is 58.7 Å². The summed E-state index contributed by atoms with van der Waals surface area (Å²) in [5, 5.41) is 11.9. The highest BCUT2D eigenvalue weighted by molar-refractivity contribution is 5.94. The molecule has 5 nitrogen and oxygen atoms in total. The molecule has 5 heteroatoms. The molecule has 0 bridgehead atoms. The number of phenols is 1. The molecule has 1 aliphatic heterocycles. The van der Waals surface area contributed by atoms with Crippen LogP contribution in [0.5, 0.6) is 5.75 Å². The first-order valence-electron chi connectivity index (χ1n) is 13.3. The Balaban J connectivity index is 0.000000319. The molecule has 0 unspecified atom stereocenters. The lowest BCUT2D eigenvalue weighted by molar-refractivity contribution is -0.118. The Morgan fingerprint density at radius 3 is 2.27 bits per heavy atom. The first kappa shape index (κ1) is 28.1. The average molecular weight is 501 g/mol. The average Bonchev–Trinajstić information content (AvgIpc) is 2.90. The second-order valence-electron chi connectivity index (χ2n) is 10.1. The number of ketones is 1. The van der Waals surface area contributed by atoms with Gasteiger partial charge in [-0.1, -0.05) is 68.4 Å². The van der Waals surface area contributed by atoms with E-state index < -0.39 is 0 Å². The van der Waals surface area contributed by atoms with Crippen molar-refractivity contribution in [2.45, 2.75) is 52.4 Å². The minimum absolute atomic E-state index is 0.00720. The minimum atomic E-state index is -0.0316. The number of amides is 1. The number of Topliss-reactive ketones (excluding diaryl/α,β-unsaturated/α-hetero) is 1. The summed E-state index contributed by atoms with van der Waals surface area (Å²) in [5.41, 5.74) is 4.27. The van der Waals surface area contributed by atoms with Crippen LogP contribution in [-0.2, 0) is 11.2 Å². The van der Waals surface area contributed by atoms with Crippen LogP contribution in [0.1, 0.15) is 67.4 Å². The lowest BCUT2D eigenvalue weighted by Gasteiger charge is -2.32. The number of carbonyl (C=O) groups excluding carboxylic acids is 2. The number of anilines is 1. The summed E-state index contributed by atoms with van der Waals surface area (Å²) in [5.74, 6) is 0.794. The van der Waals surface area contributed by atoms with E-state index in [0.717, 1.165) is 5.69 Å². The van der Waals surface area contributed by atoms with E-state index in [1.165, 1.54) is 75.5 Å². The molecule has 1 amide bonds. The van der Waals surface area contributed by atoms with Crippen molar-refractivity contribution in [1.82, 2.24) is 4.90 Å². The van der Waals surface area contributed by atoms with Gasteiger partial charge in [-0.05, 0) is 93.6 Å².